The fourth-order valence-electron chi connectivity index (χ4n) is 2.82. The third kappa shape index (κ3) is 4.66. The van der Waals surface area contributed by atoms with Crippen LogP contribution in [0.25, 0.3) is 11.3 Å². The second kappa shape index (κ2) is 8.43. The van der Waals surface area contributed by atoms with Gasteiger partial charge in [0.05, 0.1) is 12.6 Å². The molecule has 1 aromatic heterocycles. The molecule has 0 bridgehead atoms. The fraction of sp³-hybridized carbons (Fsp3) is 0.273. The summed E-state index contributed by atoms with van der Waals surface area (Å²) in [6.45, 7) is 6.23. The van der Waals surface area contributed by atoms with Crippen molar-refractivity contribution in [3.05, 3.63) is 78.8 Å². The second-order valence-corrected chi connectivity index (χ2v) is 6.53. The molecule has 0 aliphatic carbocycles. The molecule has 3 rings (SSSR count). The third-order valence-corrected chi connectivity index (χ3v) is 4.25. The molecule has 128 valence electrons. The van der Waals surface area contributed by atoms with Crippen LogP contribution in [-0.2, 0) is 6.54 Å². The first-order valence-corrected chi connectivity index (χ1v) is 8.95. The van der Waals surface area contributed by atoms with Gasteiger partial charge in [0.1, 0.15) is 6.20 Å². The maximum absolute atomic E-state index is 4.56. The van der Waals surface area contributed by atoms with Gasteiger partial charge in [-0.15, -0.1) is 0 Å². The van der Waals surface area contributed by atoms with E-state index in [-0.39, 0.29) is 0 Å². The van der Waals surface area contributed by atoms with E-state index in [2.05, 4.69) is 83.0 Å². The number of aryl methyl sites for hydroxylation is 1. The van der Waals surface area contributed by atoms with Gasteiger partial charge in [0.15, 0.2) is 5.69 Å². The topological polar surface area (TPSA) is 21.2 Å². The van der Waals surface area contributed by atoms with Crippen molar-refractivity contribution in [2.75, 3.05) is 6.54 Å². The van der Waals surface area contributed by atoms with Crippen molar-refractivity contribution >= 4 is 6.21 Å². The standard InChI is InChI=1S/C22H26N3/c1-19(2)25-17-22(21-12-7-4-8-13-21)24(18-25)15-9-14-23-16-20-10-5-3-6-11-20/h3-8,10-13,16-19H,9,14-15H2,1-2H3/q+1. The lowest BCUT2D eigenvalue weighted by Gasteiger charge is -2.01. The summed E-state index contributed by atoms with van der Waals surface area (Å²) < 4.78 is 4.61. The van der Waals surface area contributed by atoms with Crippen molar-refractivity contribution in [2.24, 2.45) is 4.99 Å². The van der Waals surface area contributed by atoms with E-state index in [1.807, 2.05) is 24.4 Å². The van der Waals surface area contributed by atoms with Crippen molar-refractivity contribution in [3.63, 3.8) is 0 Å². The van der Waals surface area contributed by atoms with E-state index < -0.39 is 0 Å². The average molecular weight is 332 g/mol. The van der Waals surface area contributed by atoms with E-state index in [1.54, 1.807) is 0 Å². The first-order chi connectivity index (χ1) is 12.2. The molecule has 0 unspecified atom stereocenters. The molecule has 3 aromatic rings. The molecule has 0 spiro atoms. The van der Waals surface area contributed by atoms with Crippen molar-refractivity contribution < 1.29 is 4.57 Å². The Morgan fingerprint density at radius 2 is 1.68 bits per heavy atom. The maximum Gasteiger partial charge on any atom is 0.244 e. The van der Waals surface area contributed by atoms with E-state index in [4.69, 9.17) is 0 Å². The fourth-order valence-corrected chi connectivity index (χ4v) is 2.82. The number of benzene rings is 2. The minimum absolute atomic E-state index is 0.458. The lowest BCUT2D eigenvalue weighted by atomic mass is 10.1. The van der Waals surface area contributed by atoms with E-state index in [9.17, 15) is 0 Å². The molecule has 3 heteroatoms. The van der Waals surface area contributed by atoms with Crippen LogP contribution in [0, 0.1) is 0 Å². The number of hydrogen-bond donors (Lipinski definition) is 0. The van der Waals surface area contributed by atoms with Crippen LogP contribution in [0.5, 0.6) is 0 Å². The van der Waals surface area contributed by atoms with Gasteiger partial charge in [0.2, 0.25) is 6.33 Å². The van der Waals surface area contributed by atoms with Crippen LogP contribution in [0.2, 0.25) is 0 Å². The van der Waals surface area contributed by atoms with Gasteiger partial charge in [0, 0.05) is 24.7 Å². The van der Waals surface area contributed by atoms with Gasteiger partial charge in [-0.2, -0.15) is 0 Å². The Hall–Kier alpha value is -2.68. The van der Waals surface area contributed by atoms with Gasteiger partial charge in [-0.3, -0.25) is 4.99 Å². The summed E-state index contributed by atoms with van der Waals surface area (Å²) in [5.74, 6) is 0. The summed E-state index contributed by atoms with van der Waals surface area (Å²) >= 11 is 0. The van der Waals surface area contributed by atoms with Crippen molar-refractivity contribution in [3.8, 4) is 11.3 Å². The predicted molar refractivity (Wildman–Crippen MR) is 104 cm³/mol. The van der Waals surface area contributed by atoms with Crippen molar-refractivity contribution in [2.45, 2.75) is 32.9 Å². The highest BCUT2D eigenvalue weighted by Crippen LogP contribution is 2.18. The molecular formula is C22H26N3+. The Morgan fingerprint density at radius 1 is 1.00 bits per heavy atom. The molecular weight excluding hydrogens is 306 g/mol. The first kappa shape index (κ1) is 17.2. The van der Waals surface area contributed by atoms with Gasteiger partial charge >= 0.3 is 0 Å². The Labute approximate surface area is 150 Å². The number of aromatic nitrogens is 2. The Kier molecular flexibility index (Phi) is 5.78. The Bertz CT molecular complexity index is 802. The number of hydrogen-bond acceptors (Lipinski definition) is 1. The molecule has 2 aromatic carbocycles. The van der Waals surface area contributed by atoms with Gasteiger partial charge in [0.25, 0.3) is 0 Å². The smallest absolute Gasteiger partial charge is 0.244 e. The number of imidazole rings is 1. The molecule has 0 aliphatic heterocycles. The highest BCUT2D eigenvalue weighted by Gasteiger charge is 2.16. The molecule has 1 heterocycles. The van der Waals surface area contributed by atoms with E-state index in [1.165, 1.54) is 11.3 Å². The largest absolute Gasteiger partial charge is 0.292 e. The minimum Gasteiger partial charge on any atom is -0.292 e. The van der Waals surface area contributed by atoms with Gasteiger partial charge in [-0.1, -0.05) is 60.7 Å². The highest BCUT2D eigenvalue weighted by atomic mass is 15.1. The lowest BCUT2D eigenvalue weighted by molar-refractivity contribution is -0.715. The zero-order valence-corrected chi connectivity index (χ0v) is 15.0. The number of nitrogens with zero attached hydrogens (tertiary/aromatic N) is 3. The van der Waals surface area contributed by atoms with Crippen LogP contribution >= 0.6 is 0 Å². The van der Waals surface area contributed by atoms with Crippen LogP contribution in [0.1, 0.15) is 31.9 Å². The molecule has 0 radical (unpaired) electrons. The summed E-state index contributed by atoms with van der Waals surface area (Å²) in [6, 6.07) is 21.3. The normalized spacial score (nSPS) is 11.5. The predicted octanol–water partition coefficient (Wildman–Crippen LogP) is 4.53. The zero-order valence-electron chi connectivity index (χ0n) is 15.0. The maximum atomic E-state index is 4.56. The quantitative estimate of drug-likeness (QED) is 0.344. The molecule has 0 aliphatic rings. The SMILES string of the molecule is CC(C)[n+]1cc(-c2ccccc2)n(CCCN=Cc2ccccc2)c1. The summed E-state index contributed by atoms with van der Waals surface area (Å²) in [4.78, 5) is 4.56. The first-order valence-electron chi connectivity index (χ1n) is 8.95. The Balaban J connectivity index is 1.66. The van der Waals surface area contributed by atoms with Crippen LogP contribution in [0.15, 0.2) is 78.2 Å². The monoisotopic (exact) mass is 332 g/mol. The molecule has 0 atom stereocenters. The average Bonchev–Trinajstić information content (AvgIpc) is 3.08. The Morgan fingerprint density at radius 3 is 2.36 bits per heavy atom. The van der Waals surface area contributed by atoms with Crippen LogP contribution in [-0.4, -0.2) is 17.3 Å². The summed E-state index contributed by atoms with van der Waals surface area (Å²) in [5, 5.41) is 0. The molecule has 3 nitrogen and oxygen atoms in total. The van der Waals surface area contributed by atoms with Gasteiger partial charge < -0.3 is 0 Å². The number of rotatable bonds is 7. The lowest BCUT2D eigenvalue weighted by Crippen LogP contribution is -2.33. The molecule has 0 fully saturated rings. The molecule has 0 saturated heterocycles. The summed E-state index contributed by atoms with van der Waals surface area (Å²) in [5.41, 5.74) is 3.68. The van der Waals surface area contributed by atoms with E-state index in [0.717, 1.165) is 25.1 Å². The zero-order chi connectivity index (χ0) is 17.5. The molecule has 0 saturated carbocycles. The minimum atomic E-state index is 0.458. The second-order valence-electron chi connectivity index (χ2n) is 6.53. The van der Waals surface area contributed by atoms with Crippen LogP contribution in [0.3, 0.4) is 0 Å². The number of aliphatic imine (C=N–C) groups is 1. The van der Waals surface area contributed by atoms with E-state index in [0.29, 0.717) is 6.04 Å². The van der Waals surface area contributed by atoms with E-state index >= 15 is 0 Å². The molecule has 0 amide bonds. The molecule has 0 N–H and O–H groups in total. The highest BCUT2D eigenvalue weighted by molar-refractivity contribution is 5.79. The van der Waals surface area contributed by atoms with Gasteiger partial charge in [-0.05, 0) is 19.4 Å². The van der Waals surface area contributed by atoms with Crippen LogP contribution in [0.4, 0.5) is 0 Å². The summed E-state index contributed by atoms with van der Waals surface area (Å²) in [6.07, 6.45) is 7.44. The third-order valence-electron chi connectivity index (χ3n) is 4.25. The van der Waals surface area contributed by atoms with Crippen molar-refractivity contribution in [1.82, 2.24) is 4.57 Å². The van der Waals surface area contributed by atoms with Gasteiger partial charge in [-0.25, -0.2) is 9.13 Å². The van der Waals surface area contributed by atoms with Crippen molar-refractivity contribution in [1.29, 1.82) is 0 Å². The van der Waals surface area contributed by atoms with Crippen LogP contribution < -0.4 is 4.57 Å². The summed E-state index contributed by atoms with van der Waals surface area (Å²) in [7, 11) is 0. The molecule has 25 heavy (non-hydrogen) atoms.